The number of nitrogens with zero attached hydrogens (tertiary/aromatic N) is 2. The first-order valence-corrected chi connectivity index (χ1v) is 9.74. The van der Waals surface area contributed by atoms with Gasteiger partial charge in [-0.15, -0.1) is 0 Å². The summed E-state index contributed by atoms with van der Waals surface area (Å²) in [5.74, 6) is 1.60. The van der Waals surface area contributed by atoms with Crippen LogP contribution in [0.1, 0.15) is 44.6 Å². The molecule has 2 aliphatic heterocycles. The molecule has 3 aliphatic rings. The van der Waals surface area contributed by atoms with Gasteiger partial charge < -0.3 is 19.6 Å². The molecule has 1 unspecified atom stereocenters. The number of rotatable bonds is 5. The Morgan fingerprint density at radius 2 is 1.96 bits per heavy atom. The molecule has 1 aliphatic carbocycles. The topological polar surface area (TPSA) is 55.3 Å². The van der Waals surface area contributed by atoms with Crippen molar-refractivity contribution >= 4 is 5.71 Å². The molecule has 6 nitrogen and oxygen atoms in total. The van der Waals surface area contributed by atoms with E-state index in [0.717, 1.165) is 68.2 Å². The van der Waals surface area contributed by atoms with Crippen LogP contribution in [-0.2, 0) is 4.84 Å². The lowest BCUT2D eigenvalue weighted by atomic mass is 10.00. The van der Waals surface area contributed by atoms with Crippen LogP contribution >= 0.6 is 0 Å². The molecule has 1 aromatic carbocycles. The maximum absolute atomic E-state index is 6.23. The Hall–Kier alpha value is -1.79. The van der Waals surface area contributed by atoms with E-state index in [1.54, 1.807) is 7.11 Å². The van der Waals surface area contributed by atoms with Gasteiger partial charge in [-0.3, -0.25) is 4.90 Å². The van der Waals surface area contributed by atoms with E-state index in [2.05, 4.69) is 28.4 Å². The van der Waals surface area contributed by atoms with Crippen molar-refractivity contribution in [3.63, 3.8) is 0 Å². The first-order valence-electron chi connectivity index (χ1n) is 9.74. The summed E-state index contributed by atoms with van der Waals surface area (Å²) in [5.41, 5.74) is 1.67. The van der Waals surface area contributed by atoms with E-state index >= 15 is 0 Å². The molecule has 4 rings (SSSR count). The molecule has 0 bridgehead atoms. The predicted octanol–water partition coefficient (Wildman–Crippen LogP) is 2.76. The fraction of sp³-hybridized carbons (Fsp3) is 0.650. The lowest BCUT2D eigenvalue weighted by Crippen LogP contribution is -2.54. The van der Waals surface area contributed by atoms with E-state index in [9.17, 15) is 0 Å². The molecule has 2 heterocycles. The van der Waals surface area contributed by atoms with Crippen LogP contribution in [0.2, 0.25) is 0 Å². The molecule has 2 fully saturated rings. The largest absolute Gasteiger partial charge is 0.493 e. The summed E-state index contributed by atoms with van der Waals surface area (Å²) in [5, 5.41) is 7.81. The molecule has 26 heavy (non-hydrogen) atoms. The molecule has 1 saturated heterocycles. The first kappa shape index (κ1) is 17.6. The van der Waals surface area contributed by atoms with E-state index in [0.29, 0.717) is 6.10 Å². The normalized spacial score (nSPS) is 27.2. The van der Waals surface area contributed by atoms with E-state index in [1.165, 1.54) is 12.8 Å². The van der Waals surface area contributed by atoms with Crippen LogP contribution in [0.4, 0.5) is 0 Å². The van der Waals surface area contributed by atoms with Gasteiger partial charge in [-0.2, -0.15) is 0 Å². The van der Waals surface area contributed by atoms with E-state index < -0.39 is 0 Å². The minimum atomic E-state index is -0.357. The van der Waals surface area contributed by atoms with Crippen molar-refractivity contribution in [2.75, 3.05) is 33.3 Å². The molecule has 1 saturated carbocycles. The van der Waals surface area contributed by atoms with Gasteiger partial charge in [-0.05, 0) is 50.8 Å². The van der Waals surface area contributed by atoms with Crippen LogP contribution in [0.25, 0.3) is 0 Å². The van der Waals surface area contributed by atoms with Gasteiger partial charge in [0.1, 0.15) is 0 Å². The molecule has 0 amide bonds. The second-order valence-corrected chi connectivity index (χ2v) is 7.61. The Bertz CT molecular complexity index is 666. The predicted molar refractivity (Wildman–Crippen MR) is 101 cm³/mol. The third-order valence-electron chi connectivity index (χ3n) is 5.73. The summed E-state index contributed by atoms with van der Waals surface area (Å²) in [6.45, 7) is 6.09. The third-order valence-corrected chi connectivity index (χ3v) is 5.73. The van der Waals surface area contributed by atoms with Crippen LogP contribution in [0, 0.1) is 0 Å². The molecule has 0 radical (unpaired) electrons. The zero-order chi connectivity index (χ0) is 18.0. The maximum atomic E-state index is 6.23. The Morgan fingerprint density at radius 1 is 1.19 bits per heavy atom. The Morgan fingerprint density at radius 3 is 2.69 bits per heavy atom. The highest BCUT2D eigenvalue weighted by molar-refractivity contribution is 6.02. The van der Waals surface area contributed by atoms with Gasteiger partial charge >= 0.3 is 0 Å². The van der Waals surface area contributed by atoms with E-state index in [1.807, 2.05) is 12.1 Å². The molecule has 1 N–H and O–H groups in total. The number of benzene rings is 1. The van der Waals surface area contributed by atoms with E-state index in [-0.39, 0.29) is 5.72 Å². The molecule has 6 heteroatoms. The van der Waals surface area contributed by atoms with Gasteiger partial charge in [-0.1, -0.05) is 5.16 Å². The van der Waals surface area contributed by atoms with Gasteiger partial charge in [0, 0.05) is 31.7 Å². The number of oxime groups is 1. The number of nitrogens with one attached hydrogen (secondary N) is 1. The number of hydrogen-bond acceptors (Lipinski definition) is 6. The quantitative estimate of drug-likeness (QED) is 0.876. The number of piperazine rings is 1. The van der Waals surface area contributed by atoms with Crippen molar-refractivity contribution in [1.29, 1.82) is 0 Å². The van der Waals surface area contributed by atoms with Crippen molar-refractivity contribution in [2.45, 2.75) is 50.9 Å². The fourth-order valence-electron chi connectivity index (χ4n) is 4.12. The summed E-state index contributed by atoms with van der Waals surface area (Å²) < 4.78 is 11.7. The lowest BCUT2D eigenvalue weighted by Gasteiger charge is -2.38. The summed E-state index contributed by atoms with van der Waals surface area (Å²) in [6.07, 6.45) is 5.82. The summed E-state index contributed by atoms with van der Waals surface area (Å²) in [6, 6.07) is 6.08. The fourth-order valence-corrected chi connectivity index (χ4v) is 4.12. The number of hydrogen-bond donors (Lipinski definition) is 1. The molecular weight excluding hydrogens is 330 g/mol. The Kier molecular flexibility index (Phi) is 5.05. The van der Waals surface area contributed by atoms with E-state index in [4.69, 9.17) is 14.3 Å². The van der Waals surface area contributed by atoms with Gasteiger partial charge in [0.25, 0.3) is 0 Å². The van der Waals surface area contributed by atoms with Crippen LogP contribution in [0.15, 0.2) is 23.4 Å². The highest BCUT2D eigenvalue weighted by atomic mass is 16.7. The van der Waals surface area contributed by atoms with Crippen molar-refractivity contribution in [1.82, 2.24) is 10.2 Å². The Balaban J connectivity index is 1.50. The van der Waals surface area contributed by atoms with Crippen LogP contribution in [-0.4, -0.2) is 55.7 Å². The molecule has 1 atom stereocenters. The van der Waals surface area contributed by atoms with Crippen molar-refractivity contribution < 1.29 is 14.3 Å². The number of ether oxygens (including phenoxy) is 2. The summed E-state index contributed by atoms with van der Waals surface area (Å²) in [7, 11) is 1.69. The zero-order valence-electron chi connectivity index (χ0n) is 15.8. The standard InChI is InChI=1S/C20H29N3O3/c1-20(23-11-9-21-10-12-23)14-17(22-26-20)15-7-8-18(24-2)19(13-15)25-16-5-3-4-6-16/h7-8,13,16,21H,3-6,9-12,14H2,1-2H3. The van der Waals surface area contributed by atoms with Gasteiger partial charge in [0.05, 0.1) is 25.3 Å². The molecule has 0 spiro atoms. The minimum Gasteiger partial charge on any atom is -0.493 e. The highest BCUT2D eigenvalue weighted by Crippen LogP contribution is 2.35. The number of methoxy groups -OCH3 is 1. The molecule has 1 aromatic rings. The second-order valence-electron chi connectivity index (χ2n) is 7.61. The zero-order valence-corrected chi connectivity index (χ0v) is 15.8. The summed E-state index contributed by atoms with van der Waals surface area (Å²) in [4.78, 5) is 8.27. The molecule has 0 aromatic heterocycles. The van der Waals surface area contributed by atoms with Crippen LogP contribution < -0.4 is 14.8 Å². The third kappa shape index (κ3) is 3.53. The van der Waals surface area contributed by atoms with Crippen molar-refractivity contribution in [3.8, 4) is 11.5 Å². The Labute approximate surface area is 155 Å². The lowest BCUT2D eigenvalue weighted by molar-refractivity contribution is -0.128. The first-order chi connectivity index (χ1) is 12.7. The van der Waals surface area contributed by atoms with Crippen molar-refractivity contribution in [3.05, 3.63) is 23.8 Å². The SMILES string of the molecule is COc1ccc(C2=NOC(C)(N3CCNCC3)C2)cc1OC1CCCC1. The van der Waals surface area contributed by atoms with Gasteiger partial charge in [0.15, 0.2) is 17.2 Å². The van der Waals surface area contributed by atoms with Crippen LogP contribution in [0.3, 0.4) is 0 Å². The van der Waals surface area contributed by atoms with Crippen molar-refractivity contribution in [2.24, 2.45) is 5.16 Å². The smallest absolute Gasteiger partial charge is 0.194 e. The summed E-state index contributed by atoms with van der Waals surface area (Å²) >= 11 is 0. The molecule has 142 valence electrons. The van der Waals surface area contributed by atoms with Gasteiger partial charge in [-0.25, -0.2) is 0 Å². The van der Waals surface area contributed by atoms with Gasteiger partial charge in [0.2, 0.25) is 0 Å². The average Bonchev–Trinajstić information content (AvgIpc) is 3.33. The molecular formula is C20H29N3O3. The monoisotopic (exact) mass is 359 g/mol. The maximum Gasteiger partial charge on any atom is 0.194 e. The average molecular weight is 359 g/mol. The minimum absolute atomic E-state index is 0.298. The highest BCUT2D eigenvalue weighted by Gasteiger charge is 2.41. The second kappa shape index (κ2) is 7.45. The van der Waals surface area contributed by atoms with Crippen LogP contribution in [0.5, 0.6) is 11.5 Å².